The molecule has 2 heterocycles. The van der Waals surface area contributed by atoms with Crippen molar-refractivity contribution >= 4 is 0 Å². The van der Waals surface area contributed by atoms with Crippen molar-refractivity contribution < 1.29 is 0 Å². The van der Waals surface area contributed by atoms with Crippen molar-refractivity contribution in [2.24, 2.45) is 5.73 Å². The van der Waals surface area contributed by atoms with E-state index in [0.29, 0.717) is 6.54 Å². The number of hydrogen-bond donors (Lipinski definition) is 1. The van der Waals surface area contributed by atoms with Crippen LogP contribution in [0.15, 0.2) is 12.1 Å². The van der Waals surface area contributed by atoms with Gasteiger partial charge in [0.2, 0.25) is 0 Å². The third-order valence-corrected chi connectivity index (χ3v) is 3.15. The number of pyridine rings is 1. The van der Waals surface area contributed by atoms with Crippen molar-refractivity contribution in [2.75, 3.05) is 6.54 Å². The van der Waals surface area contributed by atoms with E-state index in [9.17, 15) is 0 Å². The highest BCUT2D eigenvalue weighted by atomic mass is 14.9. The van der Waals surface area contributed by atoms with Gasteiger partial charge < -0.3 is 5.73 Å². The topological polar surface area (TPSA) is 64.7 Å². The first-order chi connectivity index (χ1) is 9.01. The van der Waals surface area contributed by atoms with Crippen LogP contribution in [-0.4, -0.2) is 21.5 Å². The summed E-state index contributed by atoms with van der Waals surface area (Å²) in [5.41, 5.74) is 11.8. The van der Waals surface area contributed by atoms with E-state index in [1.54, 1.807) is 0 Å². The molecule has 0 saturated carbocycles. The second-order valence-electron chi connectivity index (χ2n) is 4.87. The molecule has 2 aromatic rings. The predicted molar refractivity (Wildman–Crippen MR) is 77.0 cm³/mol. The molecule has 4 heteroatoms. The second-order valence-corrected chi connectivity index (χ2v) is 4.87. The van der Waals surface area contributed by atoms with Crippen LogP contribution in [0.3, 0.4) is 0 Å². The van der Waals surface area contributed by atoms with Crippen LogP contribution >= 0.6 is 0 Å². The highest BCUT2D eigenvalue weighted by Crippen LogP contribution is 2.20. The van der Waals surface area contributed by atoms with Crippen LogP contribution in [0.4, 0.5) is 0 Å². The third-order valence-electron chi connectivity index (χ3n) is 3.15. The molecule has 0 aliphatic carbocycles. The van der Waals surface area contributed by atoms with Crippen molar-refractivity contribution in [3.8, 4) is 11.4 Å². The first-order valence-electron chi connectivity index (χ1n) is 6.51. The summed E-state index contributed by atoms with van der Waals surface area (Å²) in [6.45, 7) is 8.63. The largest absolute Gasteiger partial charge is 0.330 e. The molecule has 100 valence electrons. The lowest BCUT2D eigenvalue weighted by atomic mass is 10.1. The lowest BCUT2D eigenvalue weighted by Crippen LogP contribution is -2.09. The van der Waals surface area contributed by atoms with Gasteiger partial charge in [-0.15, -0.1) is 0 Å². The van der Waals surface area contributed by atoms with E-state index in [2.05, 4.69) is 15.0 Å². The van der Waals surface area contributed by atoms with Gasteiger partial charge in [0.15, 0.2) is 5.82 Å². The molecule has 19 heavy (non-hydrogen) atoms. The Kier molecular flexibility index (Phi) is 3.90. The predicted octanol–water partition coefficient (Wildman–Crippen LogP) is 2.27. The van der Waals surface area contributed by atoms with Crippen molar-refractivity contribution in [3.05, 3.63) is 40.5 Å². The molecule has 0 spiro atoms. The zero-order chi connectivity index (χ0) is 14.0. The first kappa shape index (κ1) is 13.6. The molecule has 0 unspecified atom stereocenters. The van der Waals surface area contributed by atoms with Crippen molar-refractivity contribution in [3.63, 3.8) is 0 Å². The molecule has 0 atom stereocenters. The van der Waals surface area contributed by atoms with Crippen molar-refractivity contribution in [2.45, 2.75) is 34.1 Å². The van der Waals surface area contributed by atoms with E-state index in [0.717, 1.165) is 46.1 Å². The van der Waals surface area contributed by atoms with Crippen LogP contribution in [0.1, 0.15) is 28.3 Å². The zero-order valence-electron chi connectivity index (χ0n) is 12.0. The van der Waals surface area contributed by atoms with Crippen LogP contribution in [0.5, 0.6) is 0 Å². The maximum Gasteiger partial charge on any atom is 0.159 e. The summed E-state index contributed by atoms with van der Waals surface area (Å²) < 4.78 is 0. The van der Waals surface area contributed by atoms with Gasteiger partial charge in [-0.05, 0) is 58.4 Å². The summed E-state index contributed by atoms with van der Waals surface area (Å²) in [5, 5.41) is 0. The lowest BCUT2D eigenvalue weighted by Gasteiger charge is -2.10. The SMILES string of the molecule is Cc1cc(-c2nc(C)c(CCN)c(C)n2)cc(C)n1. The summed E-state index contributed by atoms with van der Waals surface area (Å²) in [4.78, 5) is 13.6. The van der Waals surface area contributed by atoms with Crippen LogP contribution in [0.2, 0.25) is 0 Å². The van der Waals surface area contributed by atoms with Gasteiger partial charge in [0.25, 0.3) is 0 Å². The number of aromatic nitrogens is 3. The fourth-order valence-electron chi connectivity index (χ4n) is 2.34. The van der Waals surface area contributed by atoms with E-state index in [1.807, 2.05) is 39.8 Å². The number of nitrogens with two attached hydrogens (primary N) is 1. The second kappa shape index (κ2) is 5.45. The van der Waals surface area contributed by atoms with Gasteiger partial charge in [-0.2, -0.15) is 0 Å². The molecular weight excluding hydrogens is 236 g/mol. The standard InChI is InChI=1S/C15H20N4/c1-9-7-13(8-10(2)17-9)15-18-11(3)14(5-6-16)12(4)19-15/h7-8H,5-6,16H2,1-4H3. The normalized spacial score (nSPS) is 10.8. The quantitative estimate of drug-likeness (QED) is 0.915. The highest BCUT2D eigenvalue weighted by Gasteiger charge is 2.10. The summed E-state index contributed by atoms with van der Waals surface area (Å²) in [6, 6.07) is 4.04. The molecule has 2 N–H and O–H groups in total. The zero-order valence-corrected chi connectivity index (χ0v) is 12.0. The third kappa shape index (κ3) is 2.96. The monoisotopic (exact) mass is 256 g/mol. The summed E-state index contributed by atoms with van der Waals surface area (Å²) in [5.74, 6) is 0.768. The van der Waals surface area contributed by atoms with Gasteiger partial charge in [0.05, 0.1) is 0 Å². The fourth-order valence-corrected chi connectivity index (χ4v) is 2.34. The molecule has 0 bridgehead atoms. The first-order valence-corrected chi connectivity index (χ1v) is 6.51. The number of nitrogens with zero attached hydrogens (tertiary/aromatic N) is 3. The molecule has 0 aromatic carbocycles. The molecule has 0 amide bonds. The van der Waals surface area contributed by atoms with Gasteiger partial charge in [0, 0.05) is 28.3 Å². The van der Waals surface area contributed by atoms with Gasteiger partial charge in [-0.3, -0.25) is 4.98 Å². The molecule has 4 nitrogen and oxygen atoms in total. The average Bonchev–Trinajstić information content (AvgIpc) is 2.32. The number of aryl methyl sites for hydroxylation is 4. The van der Waals surface area contributed by atoms with Gasteiger partial charge in [0.1, 0.15) is 0 Å². The van der Waals surface area contributed by atoms with E-state index < -0.39 is 0 Å². The Balaban J connectivity index is 2.51. The maximum atomic E-state index is 5.62. The lowest BCUT2D eigenvalue weighted by molar-refractivity contribution is 0.898. The van der Waals surface area contributed by atoms with Crippen LogP contribution in [0, 0.1) is 27.7 Å². The summed E-state index contributed by atoms with van der Waals surface area (Å²) in [6.07, 6.45) is 0.826. The fraction of sp³-hybridized carbons (Fsp3) is 0.400. The Morgan fingerprint density at radius 1 is 0.895 bits per heavy atom. The Bertz CT molecular complexity index is 562. The smallest absolute Gasteiger partial charge is 0.159 e. The Morgan fingerprint density at radius 2 is 1.42 bits per heavy atom. The maximum absolute atomic E-state index is 5.62. The van der Waals surface area contributed by atoms with Crippen molar-refractivity contribution in [1.82, 2.24) is 15.0 Å². The molecule has 0 aliphatic rings. The van der Waals surface area contributed by atoms with Crippen LogP contribution < -0.4 is 5.73 Å². The Hall–Kier alpha value is -1.81. The minimum Gasteiger partial charge on any atom is -0.330 e. The average molecular weight is 256 g/mol. The van der Waals surface area contributed by atoms with E-state index >= 15 is 0 Å². The molecule has 2 rings (SSSR count). The van der Waals surface area contributed by atoms with E-state index in [1.165, 1.54) is 0 Å². The minimum absolute atomic E-state index is 0.623. The minimum atomic E-state index is 0.623. The van der Waals surface area contributed by atoms with Crippen LogP contribution in [0.25, 0.3) is 11.4 Å². The number of rotatable bonds is 3. The van der Waals surface area contributed by atoms with Crippen molar-refractivity contribution in [1.29, 1.82) is 0 Å². The number of hydrogen-bond acceptors (Lipinski definition) is 4. The van der Waals surface area contributed by atoms with E-state index in [4.69, 9.17) is 5.73 Å². The Labute approximate surface area is 114 Å². The highest BCUT2D eigenvalue weighted by molar-refractivity contribution is 5.56. The summed E-state index contributed by atoms with van der Waals surface area (Å²) in [7, 11) is 0. The van der Waals surface area contributed by atoms with Gasteiger partial charge in [-0.25, -0.2) is 9.97 Å². The molecular formula is C15H20N4. The molecule has 0 radical (unpaired) electrons. The Morgan fingerprint density at radius 3 is 1.89 bits per heavy atom. The van der Waals surface area contributed by atoms with Gasteiger partial charge in [-0.1, -0.05) is 0 Å². The molecule has 0 fully saturated rings. The molecule has 0 aliphatic heterocycles. The molecule has 0 saturated heterocycles. The van der Waals surface area contributed by atoms with E-state index in [-0.39, 0.29) is 0 Å². The summed E-state index contributed by atoms with van der Waals surface area (Å²) >= 11 is 0. The van der Waals surface area contributed by atoms with Crippen LogP contribution in [-0.2, 0) is 6.42 Å². The molecule has 2 aromatic heterocycles. The van der Waals surface area contributed by atoms with Gasteiger partial charge >= 0.3 is 0 Å².